The average Bonchev–Trinajstić information content (AvgIpc) is 3.02. The van der Waals surface area contributed by atoms with Crippen LogP contribution in [0.5, 0.6) is 0 Å². The lowest BCUT2D eigenvalue weighted by Gasteiger charge is -2.39. The van der Waals surface area contributed by atoms with E-state index in [1.54, 1.807) is 11.0 Å². The topological polar surface area (TPSA) is 62.7 Å². The molecule has 1 aromatic heterocycles. The summed E-state index contributed by atoms with van der Waals surface area (Å²) in [7, 11) is 0. The Labute approximate surface area is 147 Å². The Morgan fingerprint density at radius 3 is 2.80 bits per heavy atom. The molecule has 7 heteroatoms. The SMILES string of the molecule is CCC(C)C1COC(=O)N1C1CCN(C(=O)c2cccnc2F)CC1. The van der Waals surface area contributed by atoms with Gasteiger partial charge in [0.25, 0.3) is 5.91 Å². The van der Waals surface area contributed by atoms with Crippen molar-refractivity contribution in [2.24, 2.45) is 5.92 Å². The lowest BCUT2D eigenvalue weighted by molar-refractivity contribution is 0.0610. The Kier molecular flexibility index (Phi) is 5.20. The zero-order valence-corrected chi connectivity index (χ0v) is 14.7. The smallest absolute Gasteiger partial charge is 0.410 e. The number of halogens is 1. The largest absolute Gasteiger partial charge is 0.447 e. The molecule has 2 amide bonds. The molecule has 2 aliphatic rings. The van der Waals surface area contributed by atoms with Gasteiger partial charge in [0.2, 0.25) is 5.95 Å². The number of hydrogen-bond donors (Lipinski definition) is 0. The molecule has 0 bridgehead atoms. The van der Waals surface area contributed by atoms with Crippen LogP contribution < -0.4 is 0 Å². The van der Waals surface area contributed by atoms with E-state index in [2.05, 4.69) is 18.8 Å². The maximum Gasteiger partial charge on any atom is 0.410 e. The van der Waals surface area contributed by atoms with Crippen molar-refractivity contribution in [3.05, 3.63) is 29.8 Å². The van der Waals surface area contributed by atoms with Crippen LogP contribution in [0.2, 0.25) is 0 Å². The van der Waals surface area contributed by atoms with Gasteiger partial charge in [-0.05, 0) is 30.9 Å². The zero-order chi connectivity index (χ0) is 18.0. The van der Waals surface area contributed by atoms with Crippen LogP contribution in [0.25, 0.3) is 0 Å². The first kappa shape index (κ1) is 17.6. The first-order valence-corrected chi connectivity index (χ1v) is 8.87. The van der Waals surface area contributed by atoms with Crippen molar-refractivity contribution in [2.45, 2.75) is 45.2 Å². The monoisotopic (exact) mass is 349 g/mol. The molecule has 0 N–H and O–H groups in total. The van der Waals surface area contributed by atoms with Crippen molar-refractivity contribution < 1.29 is 18.7 Å². The number of piperidine rings is 1. The molecule has 2 unspecified atom stereocenters. The molecule has 1 aromatic rings. The molecule has 6 nitrogen and oxygen atoms in total. The summed E-state index contributed by atoms with van der Waals surface area (Å²) in [6.07, 6.45) is 3.40. The third kappa shape index (κ3) is 3.45. The van der Waals surface area contributed by atoms with Crippen molar-refractivity contribution in [1.82, 2.24) is 14.8 Å². The number of nitrogens with zero attached hydrogens (tertiary/aromatic N) is 3. The van der Waals surface area contributed by atoms with E-state index >= 15 is 0 Å². The number of carbonyl (C=O) groups excluding carboxylic acids is 2. The molecule has 2 saturated heterocycles. The Bertz CT molecular complexity index is 646. The minimum Gasteiger partial charge on any atom is -0.447 e. The second-order valence-electron chi connectivity index (χ2n) is 6.80. The number of ether oxygens (including phenoxy) is 1. The number of aromatic nitrogens is 1. The van der Waals surface area contributed by atoms with E-state index in [9.17, 15) is 14.0 Å². The van der Waals surface area contributed by atoms with E-state index < -0.39 is 5.95 Å². The third-order valence-corrected chi connectivity index (χ3v) is 5.38. The second-order valence-corrected chi connectivity index (χ2v) is 6.80. The van der Waals surface area contributed by atoms with E-state index in [1.807, 2.05) is 4.90 Å². The third-order valence-electron chi connectivity index (χ3n) is 5.38. The summed E-state index contributed by atoms with van der Waals surface area (Å²) >= 11 is 0. The van der Waals surface area contributed by atoms with Crippen LogP contribution in [0.3, 0.4) is 0 Å². The highest BCUT2D eigenvalue weighted by Crippen LogP contribution is 2.29. The van der Waals surface area contributed by atoms with Gasteiger partial charge in [0.1, 0.15) is 6.61 Å². The van der Waals surface area contributed by atoms with Crippen molar-refractivity contribution in [3.63, 3.8) is 0 Å². The van der Waals surface area contributed by atoms with Crippen LogP contribution in [0, 0.1) is 11.9 Å². The van der Waals surface area contributed by atoms with Crippen LogP contribution in [-0.2, 0) is 4.74 Å². The summed E-state index contributed by atoms with van der Waals surface area (Å²) in [5.41, 5.74) is -0.000913. The normalized spacial score (nSPS) is 22.8. The van der Waals surface area contributed by atoms with E-state index in [0.717, 1.165) is 6.42 Å². The average molecular weight is 349 g/mol. The molecule has 0 aliphatic carbocycles. The first-order valence-electron chi connectivity index (χ1n) is 8.87. The maximum absolute atomic E-state index is 13.7. The van der Waals surface area contributed by atoms with Crippen LogP contribution in [0.1, 0.15) is 43.5 Å². The van der Waals surface area contributed by atoms with Gasteiger partial charge >= 0.3 is 6.09 Å². The summed E-state index contributed by atoms with van der Waals surface area (Å²) in [6.45, 7) is 5.66. The Morgan fingerprint density at radius 1 is 1.44 bits per heavy atom. The number of hydrogen-bond acceptors (Lipinski definition) is 4. The Morgan fingerprint density at radius 2 is 2.16 bits per heavy atom. The van der Waals surface area contributed by atoms with E-state index in [4.69, 9.17) is 4.74 Å². The number of pyridine rings is 1. The molecule has 136 valence electrons. The fraction of sp³-hybridized carbons (Fsp3) is 0.611. The zero-order valence-electron chi connectivity index (χ0n) is 14.7. The van der Waals surface area contributed by atoms with E-state index in [-0.39, 0.29) is 29.6 Å². The molecule has 0 radical (unpaired) electrons. The number of carbonyl (C=O) groups is 2. The molecule has 3 heterocycles. The number of amides is 2. The second kappa shape index (κ2) is 7.37. The molecule has 2 fully saturated rings. The highest BCUT2D eigenvalue weighted by atomic mass is 19.1. The van der Waals surface area contributed by atoms with Crippen LogP contribution >= 0.6 is 0 Å². The van der Waals surface area contributed by atoms with Crippen molar-refractivity contribution in [2.75, 3.05) is 19.7 Å². The number of rotatable bonds is 4. The van der Waals surface area contributed by atoms with Gasteiger partial charge in [0.05, 0.1) is 11.6 Å². The fourth-order valence-corrected chi connectivity index (χ4v) is 3.64. The Balaban J connectivity index is 1.64. The highest BCUT2D eigenvalue weighted by molar-refractivity contribution is 5.94. The number of cyclic esters (lactones) is 1. The summed E-state index contributed by atoms with van der Waals surface area (Å²) in [4.78, 5) is 31.7. The predicted molar refractivity (Wildman–Crippen MR) is 89.6 cm³/mol. The molecule has 2 atom stereocenters. The summed E-state index contributed by atoms with van der Waals surface area (Å²) in [5, 5.41) is 0. The molecular weight excluding hydrogens is 325 g/mol. The van der Waals surface area contributed by atoms with Gasteiger partial charge in [-0.3, -0.25) is 9.69 Å². The predicted octanol–water partition coefficient (Wildman–Crippen LogP) is 2.69. The van der Waals surface area contributed by atoms with Gasteiger partial charge in [-0.25, -0.2) is 9.78 Å². The van der Waals surface area contributed by atoms with Gasteiger partial charge in [-0.15, -0.1) is 0 Å². The lowest BCUT2D eigenvalue weighted by Crippen LogP contribution is -2.51. The van der Waals surface area contributed by atoms with Gasteiger partial charge in [0, 0.05) is 25.3 Å². The minimum atomic E-state index is -0.741. The first-order chi connectivity index (χ1) is 12.0. The maximum atomic E-state index is 13.7. The fourth-order valence-electron chi connectivity index (χ4n) is 3.64. The molecule has 0 aromatic carbocycles. The molecule has 0 spiro atoms. The van der Waals surface area contributed by atoms with Gasteiger partial charge in [0.15, 0.2) is 0 Å². The van der Waals surface area contributed by atoms with Crippen LogP contribution in [0.15, 0.2) is 18.3 Å². The molecule has 3 rings (SSSR count). The molecule has 0 saturated carbocycles. The standard InChI is InChI=1S/C18H24FN3O3/c1-3-12(2)15-11-25-18(24)22(15)13-6-9-21(10-7-13)17(23)14-5-4-8-20-16(14)19/h4-5,8,12-13,15H,3,6-7,9-11H2,1-2H3. The minimum absolute atomic E-state index is 0.000913. The number of likely N-dealkylation sites (tertiary alicyclic amines) is 1. The summed E-state index contributed by atoms with van der Waals surface area (Å²) in [6, 6.07) is 3.17. The Hall–Kier alpha value is -2.18. The lowest BCUT2D eigenvalue weighted by atomic mass is 9.95. The van der Waals surface area contributed by atoms with Crippen LogP contribution in [-0.4, -0.2) is 58.6 Å². The summed E-state index contributed by atoms with van der Waals surface area (Å²) < 4.78 is 19.0. The van der Waals surface area contributed by atoms with Gasteiger partial charge in [-0.1, -0.05) is 20.3 Å². The van der Waals surface area contributed by atoms with Crippen LogP contribution in [0.4, 0.5) is 9.18 Å². The molecular formula is C18H24FN3O3. The van der Waals surface area contributed by atoms with Crippen molar-refractivity contribution in [1.29, 1.82) is 0 Å². The van der Waals surface area contributed by atoms with Crippen molar-refractivity contribution in [3.8, 4) is 0 Å². The van der Waals surface area contributed by atoms with E-state index in [0.29, 0.717) is 38.5 Å². The van der Waals surface area contributed by atoms with E-state index in [1.165, 1.54) is 12.3 Å². The molecule has 2 aliphatic heterocycles. The van der Waals surface area contributed by atoms with Crippen molar-refractivity contribution >= 4 is 12.0 Å². The highest BCUT2D eigenvalue weighted by Gasteiger charge is 2.41. The molecule has 25 heavy (non-hydrogen) atoms. The quantitative estimate of drug-likeness (QED) is 0.784. The van der Waals surface area contributed by atoms with Gasteiger partial charge in [-0.2, -0.15) is 4.39 Å². The van der Waals surface area contributed by atoms with Gasteiger partial charge < -0.3 is 9.64 Å². The summed E-state index contributed by atoms with van der Waals surface area (Å²) in [5.74, 6) is -0.711.